The van der Waals surface area contributed by atoms with Gasteiger partial charge in [0.25, 0.3) is 0 Å². The standard InChI is InChI=1S/C21H27N5O2/c1-15(27)25-12-9-16(10-13-25)21(28)22-18-7-5-6-17(14-18)20-24-23-19-8-3-2-4-11-26(19)20/h5-7,14,16H,2-4,8-13H2,1H3,(H,22,28). The molecule has 7 nitrogen and oxygen atoms in total. The lowest BCUT2D eigenvalue weighted by molar-refractivity contribution is -0.132. The van der Waals surface area contributed by atoms with Gasteiger partial charge in [-0.05, 0) is 37.8 Å². The van der Waals surface area contributed by atoms with Crippen molar-refractivity contribution in [3.63, 3.8) is 0 Å². The summed E-state index contributed by atoms with van der Waals surface area (Å²) in [7, 11) is 0. The number of likely N-dealkylation sites (tertiary alicyclic amines) is 1. The van der Waals surface area contributed by atoms with Gasteiger partial charge in [-0.25, -0.2) is 0 Å². The maximum atomic E-state index is 12.7. The van der Waals surface area contributed by atoms with Crippen molar-refractivity contribution in [1.82, 2.24) is 19.7 Å². The van der Waals surface area contributed by atoms with Crippen LogP contribution in [0, 0.1) is 5.92 Å². The van der Waals surface area contributed by atoms with E-state index in [9.17, 15) is 9.59 Å². The van der Waals surface area contributed by atoms with E-state index < -0.39 is 0 Å². The fourth-order valence-corrected chi connectivity index (χ4v) is 4.14. The van der Waals surface area contributed by atoms with Crippen molar-refractivity contribution in [3.05, 3.63) is 30.1 Å². The first kappa shape index (κ1) is 18.7. The fourth-order valence-electron chi connectivity index (χ4n) is 4.14. The molecule has 0 spiro atoms. The average Bonchev–Trinajstić information content (AvgIpc) is 2.96. The van der Waals surface area contributed by atoms with Crippen LogP contribution in [-0.4, -0.2) is 44.6 Å². The summed E-state index contributed by atoms with van der Waals surface area (Å²) in [6, 6.07) is 7.85. The molecule has 2 aliphatic heterocycles. The number of aromatic nitrogens is 3. The third-order valence-corrected chi connectivity index (χ3v) is 5.81. The van der Waals surface area contributed by atoms with Gasteiger partial charge >= 0.3 is 0 Å². The van der Waals surface area contributed by atoms with E-state index in [1.54, 1.807) is 11.8 Å². The molecule has 0 unspecified atom stereocenters. The van der Waals surface area contributed by atoms with Crippen LogP contribution in [0.4, 0.5) is 5.69 Å². The van der Waals surface area contributed by atoms with Crippen molar-refractivity contribution in [2.24, 2.45) is 5.92 Å². The number of carbonyl (C=O) groups excluding carboxylic acids is 2. The molecule has 0 saturated carbocycles. The number of piperidine rings is 1. The van der Waals surface area contributed by atoms with Crippen molar-refractivity contribution in [2.75, 3.05) is 18.4 Å². The maximum Gasteiger partial charge on any atom is 0.227 e. The zero-order chi connectivity index (χ0) is 19.5. The summed E-state index contributed by atoms with van der Waals surface area (Å²) < 4.78 is 2.21. The predicted molar refractivity (Wildman–Crippen MR) is 107 cm³/mol. The Morgan fingerprint density at radius 3 is 2.68 bits per heavy atom. The minimum Gasteiger partial charge on any atom is -0.343 e. The number of carbonyl (C=O) groups is 2. The molecule has 0 aliphatic carbocycles. The van der Waals surface area contributed by atoms with E-state index in [1.165, 1.54) is 6.42 Å². The first-order valence-corrected chi connectivity index (χ1v) is 10.2. The van der Waals surface area contributed by atoms with Gasteiger partial charge < -0.3 is 14.8 Å². The van der Waals surface area contributed by atoms with Gasteiger partial charge in [0, 0.05) is 50.1 Å². The largest absolute Gasteiger partial charge is 0.343 e. The highest BCUT2D eigenvalue weighted by Crippen LogP contribution is 2.26. The number of anilines is 1. The van der Waals surface area contributed by atoms with E-state index in [1.807, 2.05) is 24.3 Å². The second kappa shape index (κ2) is 8.12. The van der Waals surface area contributed by atoms with Crippen molar-refractivity contribution in [1.29, 1.82) is 0 Å². The van der Waals surface area contributed by atoms with E-state index in [0.29, 0.717) is 25.9 Å². The lowest BCUT2D eigenvalue weighted by atomic mass is 9.95. The minimum atomic E-state index is -0.0522. The topological polar surface area (TPSA) is 80.1 Å². The number of amides is 2. The molecule has 148 valence electrons. The molecular formula is C21H27N5O2. The van der Waals surface area contributed by atoms with Crippen LogP contribution in [0.15, 0.2) is 24.3 Å². The zero-order valence-electron chi connectivity index (χ0n) is 16.4. The molecule has 4 rings (SSSR count). The Morgan fingerprint density at radius 2 is 1.89 bits per heavy atom. The van der Waals surface area contributed by atoms with Crippen LogP contribution < -0.4 is 5.32 Å². The zero-order valence-corrected chi connectivity index (χ0v) is 16.4. The molecule has 1 N–H and O–H groups in total. The molecule has 28 heavy (non-hydrogen) atoms. The minimum absolute atomic E-state index is 0.0282. The monoisotopic (exact) mass is 381 g/mol. The van der Waals surface area contributed by atoms with Crippen LogP contribution in [0.2, 0.25) is 0 Å². The lowest BCUT2D eigenvalue weighted by Crippen LogP contribution is -2.40. The normalized spacial score (nSPS) is 17.7. The Labute approximate surface area is 165 Å². The number of fused-ring (bicyclic) bond motifs is 1. The molecule has 0 bridgehead atoms. The van der Waals surface area contributed by atoms with E-state index in [2.05, 4.69) is 20.1 Å². The van der Waals surface area contributed by atoms with Gasteiger partial charge in [-0.3, -0.25) is 9.59 Å². The van der Waals surface area contributed by atoms with Gasteiger partial charge in [0.1, 0.15) is 5.82 Å². The predicted octanol–water partition coefficient (Wildman–Crippen LogP) is 2.87. The third kappa shape index (κ3) is 3.93. The molecule has 7 heteroatoms. The van der Waals surface area contributed by atoms with Gasteiger partial charge in [-0.15, -0.1) is 10.2 Å². The molecule has 2 amide bonds. The Kier molecular flexibility index (Phi) is 5.41. The SMILES string of the molecule is CC(=O)N1CCC(C(=O)Nc2cccc(-c3nnc4n3CCCCC4)c2)CC1. The number of nitrogens with zero attached hydrogens (tertiary/aromatic N) is 4. The average molecular weight is 381 g/mol. The quantitative estimate of drug-likeness (QED) is 0.887. The van der Waals surface area contributed by atoms with Crippen molar-refractivity contribution in [2.45, 2.75) is 52.0 Å². The second-order valence-corrected chi connectivity index (χ2v) is 7.75. The van der Waals surface area contributed by atoms with E-state index in [0.717, 1.165) is 48.7 Å². The number of nitrogens with one attached hydrogen (secondary N) is 1. The molecule has 2 aromatic rings. The highest BCUT2D eigenvalue weighted by atomic mass is 16.2. The Bertz CT molecular complexity index is 867. The Balaban J connectivity index is 1.45. The Hall–Kier alpha value is -2.70. The van der Waals surface area contributed by atoms with Crippen molar-refractivity contribution < 1.29 is 9.59 Å². The number of aryl methyl sites for hydroxylation is 1. The molecule has 0 atom stereocenters. The van der Waals surface area contributed by atoms with Crippen LogP contribution in [-0.2, 0) is 22.6 Å². The summed E-state index contributed by atoms with van der Waals surface area (Å²) in [5.74, 6) is 1.99. The molecular weight excluding hydrogens is 354 g/mol. The molecule has 3 heterocycles. The molecule has 1 aromatic carbocycles. The molecule has 0 radical (unpaired) electrons. The molecule has 1 aromatic heterocycles. The third-order valence-electron chi connectivity index (χ3n) is 5.81. The smallest absolute Gasteiger partial charge is 0.227 e. The molecule has 1 fully saturated rings. The van der Waals surface area contributed by atoms with Gasteiger partial charge in [0.2, 0.25) is 11.8 Å². The maximum absolute atomic E-state index is 12.7. The van der Waals surface area contributed by atoms with E-state index >= 15 is 0 Å². The van der Waals surface area contributed by atoms with Crippen LogP contribution in [0.3, 0.4) is 0 Å². The number of rotatable bonds is 3. The number of hydrogen-bond acceptors (Lipinski definition) is 4. The summed E-state index contributed by atoms with van der Waals surface area (Å²) in [5.41, 5.74) is 1.76. The fraction of sp³-hybridized carbons (Fsp3) is 0.524. The summed E-state index contributed by atoms with van der Waals surface area (Å²) in [5, 5.41) is 11.8. The van der Waals surface area contributed by atoms with Crippen LogP contribution >= 0.6 is 0 Å². The number of hydrogen-bond donors (Lipinski definition) is 1. The molecule has 1 saturated heterocycles. The molecule has 2 aliphatic rings. The summed E-state index contributed by atoms with van der Waals surface area (Å²) >= 11 is 0. The van der Waals surface area contributed by atoms with Crippen LogP contribution in [0.5, 0.6) is 0 Å². The summed E-state index contributed by atoms with van der Waals surface area (Å²) in [6.45, 7) is 3.83. The van der Waals surface area contributed by atoms with Crippen molar-refractivity contribution >= 4 is 17.5 Å². The van der Waals surface area contributed by atoms with Crippen molar-refractivity contribution in [3.8, 4) is 11.4 Å². The van der Waals surface area contributed by atoms with E-state index in [-0.39, 0.29) is 17.7 Å². The lowest BCUT2D eigenvalue weighted by Gasteiger charge is -2.30. The van der Waals surface area contributed by atoms with E-state index in [4.69, 9.17) is 0 Å². The first-order chi connectivity index (χ1) is 13.6. The highest BCUT2D eigenvalue weighted by molar-refractivity contribution is 5.93. The van der Waals surface area contributed by atoms with Crippen LogP contribution in [0.25, 0.3) is 11.4 Å². The van der Waals surface area contributed by atoms with Gasteiger partial charge in [-0.2, -0.15) is 0 Å². The van der Waals surface area contributed by atoms with Gasteiger partial charge in [-0.1, -0.05) is 18.6 Å². The number of benzene rings is 1. The van der Waals surface area contributed by atoms with Gasteiger partial charge in [0.05, 0.1) is 0 Å². The Morgan fingerprint density at radius 1 is 1.07 bits per heavy atom. The second-order valence-electron chi connectivity index (χ2n) is 7.75. The van der Waals surface area contributed by atoms with Gasteiger partial charge in [0.15, 0.2) is 5.82 Å². The summed E-state index contributed by atoms with van der Waals surface area (Å²) in [4.78, 5) is 25.9. The van der Waals surface area contributed by atoms with Crippen LogP contribution in [0.1, 0.15) is 44.9 Å². The summed E-state index contributed by atoms with van der Waals surface area (Å²) in [6.07, 6.45) is 5.93. The first-order valence-electron chi connectivity index (χ1n) is 10.2. The highest BCUT2D eigenvalue weighted by Gasteiger charge is 2.26.